The predicted molar refractivity (Wildman–Crippen MR) is 176 cm³/mol. The number of aromatic hydroxyl groups is 1. The van der Waals surface area contributed by atoms with Gasteiger partial charge in [-0.15, -0.1) is 0 Å². The fourth-order valence-electron chi connectivity index (χ4n) is 5.60. The van der Waals surface area contributed by atoms with Crippen molar-refractivity contribution in [3.05, 3.63) is 59.9 Å². The van der Waals surface area contributed by atoms with Crippen LogP contribution in [0.3, 0.4) is 0 Å². The quantitative estimate of drug-likeness (QED) is 0.0895. The van der Waals surface area contributed by atoms with Gasteiger partial charge < -0.3 is 26.4 Å². The third-order valence-electron chi connectivity index (χ3n) is 8.18. The number of fused-ring (bicyclic) bond motifs is 1. The summed E-state index contributed by atoms with van der Waals surface area (Å²) in [6.07, 6.45) is 18.0. The number of amides is 4. The average Bonchev–Trinajstić information content (AvgIpc) is 3.58. The summed E-state index contributed by atoms with van der Waals surface area (Å²) in [5, 5.41) is 21.8. The lowest BCUT2D eigenvalue weighted by molar-refractivity contribution is -0.697. The van der Waals surface area contributed by atoms with Crippen molar-refractivity contribution >= 4 is 41.8 Å². The van der Waals surface area contributed by atoms with Gasteiger partial charge in [0.05, 0.1) is 12.1 Å². The molecule has 2 aliphatic rings. The molecule has 0 spiro atoms. The molecule has 5 N–H and O–H groups in total. The molecule has 10 heteroatoms. The first-order chi connectivity index (χ1) is 21.5. The van der Waals surface area contributed by atoms with Crippen LogP contribution >= 0.6 is 11.8 Å². The molecular weight excluding hydrogens is 574 g/mol. The number of nitrogens with one attached hydrogen (secondary N) is 4. The van der Waals surface area contributed by atoms with Gasteiger partial charge in [0.1, 0.15) is 12.3 Å². The van der Waals surface area contributed by atoms with Gasteiger partial charge >= 0.3 is 6.03 Å². The molecule has 3 heterocycles. The zero-order chi connectivity index (χ0) is 31.0. The molecule has 1 aromatic carbocycles. The van der Waals surface area contributed by atoms with E-state index in [1.54, 1.807) is 12.1 Å². The van der Waals surface area contributed by atoms with Crippen molar-refractivity contribution in [1.82, 2.24) is 21.3 Å². The summed E-state index contributed by atoms with van der Waals surface area (Å²) in [6.45, 7) is 2.30. The van der Waals surface area contributed by atoms with Crippen LogP contribution in [0.4, 0.5) is 4.79 Å². The Labute approximate surface area is 265 Å². The summed E-state index contributed by atoms with van der Waals surface area (Å²) >= 11 is 1.92. The van der Waals surface area contributed by atoms with Gasteiger partial charge in [-0.1, -0.05) is 30.7 Å². The molecule has 1 aromatic heterocycles. The summed E-state index contributed by atoms with van der Waals surface area (Å²) in [6, 6.07) is 11.7. The maximum absolute atomic E-state index is 12.1. The Balaban J connectivity index is 0.920. The number of carbonyl (C=O) groups excluding carboxylic acids is 3. The van der Waals surface area contributed by atoms with Crippen molar-refractivity contribution in [2.24, 2.45) is 0 Å². The number of nitrogens with zero attached hydrogens (tertiary/aromatic N) is 1. The minimum Gasteiger partial charge on any atom is -0.508 e. The highest BCUT2D eigenvalue weighted by atomic mass is 32.2. The van der Waals surface area contributed by atoms with E-state index >= 15 is 0 Å². The molecule has 0 saturated carbocycles. The van der Waals surface area contributed by atoms with E-state index in [-0.39, 0.29) is 35.7 Å². The van der Waals surface area contributed by atoms with E-state index in [0.717, 1.165) is 81.2 Å². The van der Waals surface area contributed by atoms with Crippen molar-refractivity contribution in [2.45, 2.75) is 94.5 Å². The number of thioether (sulfide) groups is 1. The van der Waals surface area contributed by atoms with Crippen LogP contribution in [0.25, 0.3) is 12.2 Å². The number of aryl methyl sites for hydroxylation is 1. The Morgan fingerprint density at radius 1 is 0.818 bits per heavy atom. The van der Waals surface area contributed by atoms with Crippen LogP contribution in [0.2, 0.25) is 0 Å². The number of hydrogen-bond acceptors (Lipinski definition) is 5. The molecule has 2 saturated heterocycles. The first-order valence-corrected chi connectivity index (χ1v) is 17.2. The molecule has 44 heavy (non-hydrogen) atoms. The smallest absolute Gasteiger partial charge is 0.315 e. The van der Waals surface area contributed by atoms with Crippen LogP contribution in [0.5, 0.6) is 5.75 Å². The zero-order valence-electron chi connectivity index (χ0n) is 25.6. The monoisotopic (exact) mass is 622 g/mol. The topological polar surface area (TPSA) is 123 Å². The fraction of sp³-hybridized carbons (Fsp3) is 0.529. The third kappa shape index (κ3) is 11.9. The SMILES string of the molecule is O=C(CCCCC[n+]1ccc(/C=C/c2ccc(O)cc2)cc1)NCCCCCNC(=O)CCCCC1SCC2NC(=O)NC21. The third-order valence-corrected chi connectivity index (χ3v) is 9.69. The molecule has 0 bridgehead atoms. The second-order valence-corrected chi connectivity index (χ2v) is 13.0. The van der Waals surface area contributed by atoms with E-state index in [9.17, 15) is 19.5 Å². The van der Waals surface area contributed by atoms with Gasteiger partial charge in [-0.2, -0.15) is 11.8 Å². The van der Waals surface area contributed by atoms with Crippen molar-refractivity contribution in [1.29, 1.82) is 0 Å². The maximum Gasteiger partial charge on any atom is 0.315 e. The van der Waals surface area contributed by atoms with Crippen LogP contribution < -0.4 is 25.8 Å². The Morgan fingerprint density at radius 3 is 2.11 bits per heavy atom. The molecule has 238 valence electrons. The van der Waals surface area contributed by atoms with Gasteiger partial charge in [-0.05, 0) is 68.2 Å². The first kappa shape index (κ1) is 33.4. The Kier molecular flexibility index (Phi) is 13.9. The number of unbranched alkanes of at least 4 members (excludes halogenated alkanes) is 5. The zero-order valence-corrected chi connectivity index (χ0v) is 26.5. The molecule has 4 amide bonds. The number of pyridine rings is 1. The van der Waals surface area contributed by atoms with E-state index < -0.39 is 0 Å². The number of benzene rings is 1. The number of rotatable bonds is 19. The van der Waals surface area contributed by atoms with E-state index in [0.29, 0.717) is 31.2 Å². The second-order valence-electron chi connectivity index (χ2n) is 11.7. The van der Waals surface area contributed by atoms with Gasteiger partial charge in [0.2, 0.25) is 11.8 Å². The highest BCUT2D eigenvalue weighted by molar-refractivity contribution is 8.00. The van der Waals surface area contributed by atoms with Gasteiger partial charge in [-0.3, -0.25) is 9.59 Å². The van der Waals surface area contributed by atoms with Gasteiger partial charge in [0.15, 0.2) is 12.4 Å². The summed E-state index contributed by atoms with van der Waals surface area (Å²) in [5.41, 5.74) is 2.16. The summed E-state index contributed by atoms with van der Waals surface area (Å²) in [5.74, 6) is 1.47. The number of phenolic OH excluding ortho intramolecular Hbond substituents is 1. The Bertz CT molecular complexity index is 1220. The van der Waals surface area contributed by atoms with Crippen LogP contribution in [-0.4, -0.2) is 59.1 Å². The molecule has 2 aromatic rings. The van der Waals surface area contributed by atoms with Crippen LogP contribution in [0.15, 0.2) is 48.8 Å². The normalized spacial score (nSPS) is 19.0. The largest absolute Gasteiger partial charge is 0.508 e. The Hall–Kier alpha value is -3.53. The lowest BCUT2D eigenvalue weighted by atomic mass is 10.0. The number of aromatic nitrogens is 1. The Morgan fingerprint density at radius 2 is 1.43 bits per heavy atom. The molecular formula is C34H48N5O4S+. The first-order valence-electron chi connectivity index (χ1n) is 16.1. The van der Waals surface area contributed by atoms with Crippen molar-refractivity contribution in [3.8, 4) is 5.75 Å². The molecule has 2 fully saturated rings. The predicted octanol–water partition coefficient (Wildman–Crippen LogP) is 4.54. The van der Waals surface area contributed by atoms with E-state index in [2.05, 4.69) is 56.4 Å². The minimum absolute atomic E-state index is 0.0507. The minimum atomic E-state index is -0.0507. The van der Waals surface area contributed by atoms with Crippen LogP contribution in [0.1, 0.15) is 81.8 Å². The highest BCUT2D eigenvalue weighted by Gasteiger charge is 2.42. The second kappa shape index (κ2) is 18.3. The van der Waals surface area contributed by atoms with Gasteiger partial charge in [0.25, 0.3) is 0 Å². The van der Waals surface area contributed by atoms with E-state index in [1.165, 1.54) is 0 Å². The molecule has 3 atom stereocenters. The van der Waals surface area contributed by atoms with E-state index in [4.69, 9.17) is 0 Å². The average molecular weight is 623 g/mol. The van der Waals surface area contributed by atoms with Crippen molar-refractivity contribution < 1.29 is 24.1 Å². The van der Waals surface area contributed by atoms with E-state index in [1.807, 2.05) is 30.0 Å². The van der Waals surface area contributed by atoms with Crippen molar-refractivity contribution in [2.75, 3.05) is 18.8 Å². The fourth-order valence-corrected chi connectivity index (χ4v) is 7.14. The lowest BCUT2D eigenvalue weighted by Gasteiger charge is -2.16. The van der Waals surface area contributed by atoms with Crippen LogP contribution in [-0.2, 0) is 16.1 Å². The lowest BCUT2D eigenvalue weighted by Crippen LogP contribution is -2.36. The molecule has 2 aliphatic heterocycles. The van der Waals surface area contributed by atoms with Gasteiger partial charge in [0, 0.05) is 55.5 Å². The standard InChI is InChI=1S/C34H47N5O4S/c40-28-16-14-26(15-17-28)12-13-27-18-23-39(24-19-27)22-8-1-3-10-31(41)35-20-6-2-7-21-36-32(42)11-5-4-9-30-33-29(25-44-30)37-34(43)38-33/h12-19,23-24,29-30,33H,1-11,20-22,25H2,(H4,35,36,37,38,41,42,43)/p+1. The molecule has 0 radical (unpaired) electrons. The molecule has 0 aliphatic carbocycles. The summed E-state index contributed by atoms with van der Waals surface area (Å²) in [4.78, 5) is 35.7. The molecule has 3 unspecified atom stereocenters. The number of carbonyl (C=O) groups is 3. The summed E-state index contributed by atoms with van der Waals surface area (Å²) < 4.78 is 2.17. The summed E-state index contributed by atoms with van der Waals surface area (Å²) in [7, 11) is 0. The molecule has 9 nitrogen and oxygen atoms in total. The van der Waals surface area contributed by atoms with Gasteiger partial charge in [-0.25, -0.2) is 9.36 Å². The van der Waals surface area contributed by atoms with Crippen molar-refractivity contribution in [3.63, 3.8) is 0 Å². The highest BCUT2D eigenvalue weighted by Crippen LogP contribution is 2.33. The number of urea groups is 1. The number of hydrogen-bond donors (Lipinski definition) is 5. The maximum atomic E-state index is 12.1. The number of phenols is 1. The molecule has 4 rings (SSSR count). The van der Waals surface area contributed by atoms with Crippen LogP contribution in [0, 0.1) is 0 Å².